The van der Waals surface area contributed by atoms with Gasteiger partial charge in [-0.2, -0.15) is 13.2 Å². The molecule has 2 aromatic carbocycles. The molecule has 0 bridgehead atoms. The summed E-state index contributed by atoms with van der Waals surface area (Å²) in [7, 11) is -3.58. The number of halogens is 4. The van der Waals surface area contributed by atoms with E-state index in [1.54, 1.807) is 0 Å². The van der Waals surface area contributed by atoms with Gasteiger partial charge in [-0.05, 0) is 42.5 Å². The molecule has 0 atom stereocenters. The molecule has 1 amide bonds. The van der Waals surface area contributed by atoms with Gasteiger partial charge in [0.15, 0.2) is 21.2 Å². The lowest BCUT2D eigenvalue weighted by Crippen LogP contribution is -2.21. The average Bonchev–Trinajstić information content (AvgIpc) is 3.14. The van der Waals surface area contributed by atoms with Crippen LogP contribution in [0.2, 0.25) is 0 Å². The van der Waals surface area contributed by atoms with E-state index in [9.17, 15) is 30.8 Å². The van der Waals surface area contributed by atoms with Gasteiger partial charge >= 0.3 is 6.18 Å². The number of amides is 1. The third-order valence-electron chi connectivity index (χ3n) is 4.06. The Morgan fingerprint density at radius 1 is 1.13 bits per heavy atom. The van der Waals surface area contributed by atoms with Crippen LogP contribution in [-0.4, -0.2) is 35.1 Å². The van der Waals surface area contributed by atoms with Crippen molar-refractivity contribution in [3.05, 3.63) is 65.7 Å². The summed E-state index contributed by atoms with van der Waals surface area (Å²) in [4.78, 5) is 12.4. The quantitative estimate of drug-likeness (QED) is 0.611. The van der Waals surface area contributed by atoms with E-state index >= 15 is 0 Å². The molecule has 0 saturated heterocycles. The smallest absolute Gasteiger partial charge is 0.320 e. The number of hydrogen-bond donors (Lipinski definition) is 1. The Kier molecular flexibility index (Phi) is 5.61. The van der Waals surface area contributed by atoms with E-state index in [-0.39, 0.29) is 22.0 Å². The van der Waals surface area contributed by atoms with E-state index in [0.717, 1.165) is 30.3 Å². The summed E-state index contributed by atoms with van der Waals surface area (Å²) in [6.07, 6.45) is -5.00. The van der Waals surface area contributed by atoms with E-state index < -0.39 is 39.1 Å². The SMILES string of the molecule is CCS(=O)(=O)c1cccc(NC(=O)c2nnn(-c3ccc(F)cc3)c2C(F)(F)F)c1. The number of nitrogens with one attached hydrogen (secondary N) is 1. The Labute approximate surface area is 168 Å². The zero-order valence-electron chi connectivity index (χ0n) is 15.3. The largest absolute Gasteiger partial charge is 0.435 e. The molecule has 0 fully saturated rings. The lowest BCUT2D eigenvalue weighted by atomic mass is 10.2. The summed E-state index contributed by atoms with van der Waals surface area (Å²) in [6, 6.07) is 9.10. The fraction of sp³-hybridized carbons (Fsp3) is 0.167. The van der Waals surface area contributed by atoms with E-state index in [4.69, 9.17) is 0 Å². The highest BCUT2D eigenvalue weighted by Crippen LogP contribution is 2.33. The number of alkyl halides is 3. The number of sulfone groups is 1. The maximum Gasteiger partial charge on any atom is 0.435 e. The van der Waals surface area contributed by atoms with E-state index in [1.165, 1.54) is 25.1 Å². The van der Waals surface area contributed by atoms with Crippen LogP contribution in [0.5, 0.6) is 0 Å². The Hall–Kier alpha value is -3.28. The van der Waals surface area contributed by atoms with Crippen LogP contribution in [0.15, 0.2) is 53.4 Å². The van der Waals surface area contributed by atoms with Gasteiger partial charge in [-0.1, -0.05) is 18.2 Å². The third-order valence-corrected chi connectivity index (χ3v) is 5.79. The average molecular weight is 442 g/mol. The molecule has 0 aliphatic rings. The van der Waals surface area contributed by atoms with Crippen molar-refractivity contribution in [2.45, 2.75) is 18.0 Å². The molecule has 0 spiro atoms. The normalized spacial score (nSPS) is 12.0. The summed E-state index contributed by atoms with van der Waals surface area (Å²) in [5, 5.41) is 8.92. The molecular weight excluding hydrogens is 428 g/mol. The van der Waals surface area contributed by atoms with Crippen LogP contribution in [0.1, 0.15) is 23.1 Å². The minimum atomic E-state index is -5.00. The molecule has 1 N–H and O–H groups in total. The van der Waals surface area contributed by atoms with Crippen molar-refractivity contribution >= 4 is 21.4 Å². The zero-order chi connectivity index (χ0) is 22.1. The van der Waals surface area contributed by atoms with Crippen LogP contribution in [0.3, 0.4) is 0 Å². The number of anilines is 1. The molecule has 1 aromatic heterocycles. The van der Waals surface area contributed by atoms with Crippen LogP contribution in [-0.2, 0) is 16.0 Å². The second-order valence-corrected chi connectivity index (χ2v) is 8.34. The molecule has 0 radical (unpaired) electrons. The molecule has 3 aromatic rings. The molecule has 3 rings (SSSR count). The first-order valence-electron chi connectivity index (χ1n) is 8.46. The van der Waals surface area contributed by atoms with E-state index in [0.29, 0.717) is 4.68 Å². The third kappa shape index (κ3) is 4.32. The summed E-state index contributed by atoms with van der Waals surface area (Å²) in [6.45, 7) is 1.43. The first kappa shape index (κ1) is 21.4. The lowest BCUT2D eigenvalue weighted by Gasteiger charge is -2.11. The van der Waals surface area contributed by atoms with E-state index in [1.807, 2.05) is 0 Å². The number of carbonyl (C=O) groups is 1. The predicted octanol–water partition coefficient (Wildman–Crippen LogP) is 3.47. The van der Waals surface area contributed by atoms with Crippen molar-refractivity contribution in [1.29, 1.82) is 0 Å². The number of carbonyl (C=O) groups excluding carboxylic acids is 1. The van der Waals surface area contributed by atoms with Gasteiger partial charge in [-0.3, -0.25) is 4.79 Å². The number of hydrogen-bond acceptors (Lipinski definition) is 5. The summed E-state index contributed by atoms with van der Waals surface area (Å²) in [5.41, 5.74) is -2.65. The van der Waals surface area contributed by atoms with Crippen molar-refractivity contribution in [2.75, 3.05) is 11.1 Å². The summed E-state index contributed by atoms with van der Waals surface area (Å²) in [5.74, 6) is -2.08. The van der Waals surface area contributed by atoms with Crippen LogP contribution >= 0.6 is 0 Å². The highest BCUT2D eigenvalue weighted by atomic mass is 32.2. The highest BCUT2D eigenvalue weighted by Gasteiger charge is 2.42. The molecule has 0 unspecified atom stereocenters. The maximum absolute atomic E-state index is 13.6. The second-order valence-electron chi connectivity index (χ2n) is 6.06. The van der Waals surface area contributed by atoms with Crippen molar-refractivity contribution in [3.8, 4) is 5.69 Å². The number of aromatic nitrogens is 3. The molecule has 7 nitrogen and oxygen atoms in total. The van der Waals surface area contributed by atoms with Gasteiger partial charge in [0.2, 0.25) is 0 Å². The van der Waals surface area contributed by atoms with Gasteiger partial charge in [0.05, 0.1) is 16.3 Å². The molecule has 0 saturated carbocycles. The number of benzene rings is 2. The minimum Gasteiger partial charge on any atom is -0.320 e. The molecule has 0 aliphatic carbocycles. The second kappa shape index (κ2) is 7.86. The molecule has 12 heteroatoms. The Morgan fingerprint density at radius 2 is 1.80 bits per heavy atom. The lowest BCUT2D eigenvalue weighted by molar-refractivity contribution is -0.143. The minimum absolute atomic E-state index is 0.0287. The fourth-order valence-electron chi connectivity index (χ4n) is 2.58. The topological polar surface area (TPSA) is 93.9 Å². The van der Waals surface area contributed by atoms with Crippen LogP contribution in [0, 0.1) is 5.82 Å². The number of nitrogens with zero attached hydrogens (tertiary/aromatic N) is 3. The first-order chi connectivity index (χ1) is 14.0. The number of rotatable bonds is 5. The summed E-state index contributed by atoms with van der Waals surface area (Å²) >= 11 is 0. The van der Waals surface area contributed by atoms with Gasteiger partial charge in [0.1, 0.15) is 5.82 Å². The van der Waals surface area contributed by atoms with Crippen molar-refractivity contribution < 1.29 is 30.8 Å². The molecule has 1 heterocycles. The van der Waals surface area contributed by atoms with Crippen LogP contribution in [0.25, 0.3) is 5.69 Å². The maximum atomic E-state index is 13.6. The van der Waals surface area contributed by atoms with Crippen molar-refractivity contribution in [1.82, 2.24) is 15.0 Å². The standard InChI is InChI=1S/C18H14F4N4O3S/c1-2-30(28,29)14-5-3-4-12(10-14)23-17(27)15-16(18(20,21)22)26(25-24-15)13-8-6-11(19)7-9-13/h3-10H,2H2,1H3,(H,23,27). The highest BCUT2D eigenvalue weighted by molar-refractivity contribution is 7.91. The van der Waals surface area contributed by atoms with Crippen LogP contribution < -0.4 is 5.32 Å². The van der Waals surface area contributed by atoms with Gasteiger partial charge in [-0.25, -0.2) is 17.5 Å². The van der Waals surface area contributed by atoms with E-state index in [2.05, 4.69) is 15.6 Å². The van der Waals surface area contributed by atoms with Gasteiger partial charge < -0.3 is 5.32 Å². The summed E-state index contributed by atoms with van der Waals surface area (Å²) < 4.78 is 78.3. The Morgan fingerprint density at radius 3 is 2.40 bits per heavy atom. The van der Waals surface area contributed by atoms with Gasteiger partial charge in [-0.15, -0.1) is 5.10 Å². The van der Waals surface area contributed by atoms with Crippen molar-refractivity contribution in [3.63, 3.8) is 0 Å². The van der Waals surface area contributed by atoms with Gasteiger partial charge in [0.25, 0.3) is 5.91 Å². The van der Waals surface area contributed by atoms with Gasteiger partial charge in [0, 0.05) is 5.69 Å². The molecule has 0 aliphatic heterocycles. The molecular formula is C18H14F4N4O3S. The molecule has 30 heavy (non-hydrogen) atoms. The molecule has 158 valence electrons. The predicted molar refractivity (Wildman–Crippen MR) is 98.4 cm³/mol. The fourth-order valence-corrected chi connectivity index (χ4v) is 3.50. The van der Waals surface area contributed by atoms with Crippen LogP contribution in [0.4, 0.5) is 23.2 Å². The first-order valence-corrected chi connectivity index (χ1v) is 10.1. The van der Waals surface area contributed by atoms with Crippen molar-refractivity contribution in [2.24, 2.45) is 0 Å². The monoisotopic (exact) mass is 442 g/mol. The Balaban J connectivity index is 1.99. The Bertz CT molecular complexity index is 1190. The zero-order valence-corrected chi connectivity index (χ0v) is 16.1.